The van der Waals surface area contributed by atoms with Crippen LogP contribution in [0.5, 0.6) is 0 Å². The van der Waals surface area contributed by atoms with E-state index in [1.165, 1.54) is 38.3 Å². The molecule has 6 atom stereocenters. The maximum atomic E-state index is 15.0. The summed E-state index contributed by atoms with van der Waals surface area (Å²) in [5.41, 5.74) is 1.79. The Morgan fingerprint density at radius 3 is 2.38 bits per heavy atom. The Hall–Kier alpha value is -6.13. The molecule has 5 aromatic rings. The highest BCUT2D eigenvalue weighted by atomic mass is 32.1. The van der Waals surface area contributed by atoms with Crippen LogP contribution in [0, 0.1) is 10.8 Å². The van der Waals surface area contributed by atoms with Crippen LogP contribution in [0.15, 0.2) is 77.6 Å². The number of hydrogen-bond acceptors (Lipinski definition) is 12. The zero-order chi connectivity index (χ0) is 54.7. The summed E-state index contributed by atoms with van der Waals surface area (Å²) in [6.07, 6.45) is 1.17. The largest absolute Gasteiger partial charge is 0.370 e. The van der Waals surface area contributed by atoms with Crippen molar-refractivity contribution in [2.75, 3.05) is 59.0 Å². The number of hydrogen-bond donors (Lipinski definition) is 4. The minimum absolute atomic E-state index is 0.0474. The summed E-state index contributed by atoms with van der Waals surface area (Å²) in [7, 11) is -3.40. The molecule has 6 amide bonds. The second-order valence-corrected chi connectivity index (χ2v) is 25.0. The minimum Gasteiger partial charge on any atom is -0.370 e. The van der Waals surface area contributed by atoms with Gasteiger partial charge in [0.15, 0.2) is 0 Å². The van der Waals surface area contributed by atoms with E-state index in [1.807, 2.05) is 48.5 Å². The van der Waals surface area contributed by atoms with Crippen LogP contribution in [-0.2, 0) is 51.6 Å². The van der Waals surface area contributed by atoms with Crippen molar-refractivity contribution in [1.29, 1.82) is 0 Å². The molecule has 5 fully saturated rings. The molecule has 1 spiro atoms. The van der Waals surface area contributed by atoms with Gasteiger partial charge in [0.2, 0.25) is 35.4 Å². The molecule has 0 radical (unpaired) electrons. The molecule has 5 aliphatic heterocycles. The second-order valence-electron chi connectivity index (χ2n) is 22.3. The number of carbonyl (C=O) groups is 6. The SMILES string of the molecule is Cn1c(=O)n(C2CCC(=O)NC2=O)c2ccc(CN3CCC4(CC3)CN(C(=O)CO[C@@H]3CCN(C(=O)[C@@H](NC(=O)c5cc6cc([C@@H](F)P(=O)(O)O)ccc6s5)C(C)(C)C)[C@@H]3C(=O)N3CCO[C@H](c5ccccc5)C3)C4)cc21. The van der Waals surface area contributed by atoms with Crippen molar-refractivity contribution >= 4 is 75.5 Å². The number of nitrogens with one attached hydrogen (secondary N) is 2. The van der Waals surface area contributed by atoms with E-state index in [4.69, 9.17) is 9.47 Å². The van der Waals surface area contributed by atoms with E-state index < -0.39 is 67.0 Å². The third-order valence-electron chi connectivity index (χ3n) is 16.0. The lowest BCUT2D eigenvalue weighted by molar-refractivity contribution is -0.160. The number of likely N-dealkylation sites (tertiary alicyclic amines) is 3. The van der Waals surface area contributed by atoms with Crippen LogP contribution in [0.25, 0.3) is 21.1 Å². The van der Waals surface area contributed by atoms with Gasteiger partial charge in [-0.15, -0.1) is 11.3 Å². The third-order valence-corrected chi connectivity index (χ3v) is 18.0. The fourth-order valence-corrected chi connectivity index (χ4v) is 13.1. The molecule has 20 nitrogen and oxygen atoms in total. The first kappa shape index (κ1) is 54.2. The van der Waals surface area contributed by atoms with E-state index in [-0.39, 0.29) is 91.4 Å². The predicted octanol–water partition coefficient (Wildman–Crippen LogP) is 4.53. The fraction of sp³-hybridized carbons (Fsp3) is 0.500. The van der Waals surface area contributed by atoms with Crippen LogP contribution in [0.1, 0.15) is 97.3 Å². The van der Waals surface area contributed by atoms with Crippen molar-refractivity contribution in [3.05, 3.63) is 105 Å². The highest BCUT2D eigenvalue weighted by Crippen LogP contribution is 2.53. The number of nitrogens with zero attached hydrogens (tertiary/aromatic N) is 6. The molecule has 10 rings (SSSR count). The van der Waals surface area contributed by atoms with E-state index >= 15 is 0 Å². The fourth-order valence-electron chi connectivity index (χ4n) is 11.6. The molecular weight excluding hydrogens is 1030 g/mol. The average molecular weight is 1100 g/mol. The molecule has 0 saturated carbocycles. The van der Waals surface area contributed by atoms with Gasteiger partial charge in [0, 0.05) is 56.3 Å². The van der Waals surface area contributed by atoms with Crippen molar-refractivity contribution in [3.8, 4) is 0 Å². The molecule has 77 heavy (non-hydrogen) atoms. The molecule has 0 aliphatic carbocycles. The highest BCUT2D eigenvalue weighted by Gasteiger charge is 2.50. The summed E-state index contributed by atoms with van der Waals surface area (Å²) in [6.45, 7) is 9.35. The summed E-state index contributed by atoms with van der Waals surface area (Å²) in [5.74, 6) is -5.04. The highest BCUT2D eigenvalue weighted by molar-refractivity contribution is 7.51. The molecule has 0 bridgehead atoms. The number of benzene rings is 3. The van der Waals surface area contributed by atoms with Gasteiger partial charge in [-0.1, -0.05) is 63.2 Å². The number of ether oxygens (including phenoxy) is 2. The molecule has 1 unspecified atom stereocenters. The zero-order valence-electron chi connectivity index (χ0n) is 43.4. The quantitative estimate of drug-likeness (QED) is 0.0937. The van der Waals surface area contributed by atoms with Crippen LogP contribution < -0.4 is 16.3 Å². The van der Waals surface area contributed by atoms with Gasteiger partial charge < -0.3 is 39.3 Å². The lowest BCUT2D eigenvalue weighted by Crippen LogP contribution is -2.62. The normalized spacial score (nSPS) is 23.0. The van der Waals surface area contributed by atoms with Crippen molar-refractivity contribution in [3.63, 3.8) is 0 Å². The molecule has 23 heteroatoms. The van der Waals surface area contributed by atoms with Crippen LogP contribution in [0.4, 0.5) is 4.39 Å². The van der Waals surface area contributed by atoms with Gasteiger partial charge in [0.1, 0.15) is 30.8 Å². The van der Waals surface area contributed by atoms with Crippen molar-refractivity contribution < 1.29 is 57.0 Å². The number of carbonyl (C=O) groups excluding carboxylic acids is 6. The Bertz CT molecular complexity index is 3250. The van der Waals surface area contributed by atoms with Crippen molar-refractivity contribution in [1.82, 2.24) is 39.4 Å². The number of aromatic nitrogens is 2. The maximum absolute atomic E-state index is 15.0. The number of fused-ring (bicyclic) bond motifs is 2. The molecular formula is C54H64FN8O12PS. The third kappa shape index (κ3) is 11.0. The lowest BCUT2D eigenvalue weighted by Gasteiger charge is -2.54. The van der Waals surface area contributed by atoms with Gasteiger partial charge in [-0.3, -0.25) is 52.7 Å². The number of imide groups is 1. The van der Waals surface area contributed by atoms with Crippen molar-refractivity contribution in [2.45, 2.75) is 95.7 Å². The number of rotatable bonds is 13. The summed E-state index contributed by atoms with van der Waals surface area (Å²) in [5, 5.41) is 5.65. The first-order valence-corrected chi connectivity index (χ1v) is 28.5. The van der Waals surface area contributed by atoms with Gasteiger partial charge >= 0.3 is 13.3 Å². The molecule has 2 aromatic heterocycles. The number of imidazole rings is 1. The summed E-state index contributed by atoms with van der Waals surface area (Å²) >= 11 is 1.07. The Morgan fingerprint density at radius 1 is 0.935 bits per heavy atom. The van der Waals surface area contributed by atoms with Crippen molar-refractivity contribution in [2.24, 2.45) is 17.9 Å². The van der Waals surface area contributed by atoms with E-state index in [0.29, 0.717) is 40.8 Å². The zero-order valence-corrected chi connectivity index (χ0v) is 45.1. The molecule has 5 aliphatic rings. The molecule has 3 aromatic carbocycles. The first-order chi connectivity index (χ1) is 36.6. The van der Waals surface area contributed by atoms with Gasteiger partial charge in [0.05, 0.1) is 35.2 Å². The number of halogens is 1. The van der Waals surface area contributed by atoms with E-state index in [2.05, 4.69) is 15.5 Å². The van der Waals surface area contributed by atoms with Crippen LogP contribution >= 0.6 is 18.9 Å². The van der Waals surface area contributed by atoms with Gasteiger partial charge in [-0.05, 0) is 96.6 Å². The lowest BCUT2D eigenvalue weighted by atomic mass is 9.72. The Balaban J connectivity index is 0.788. The summed E-state index contributed by atoms with van der Waals surface area (Å²) in [4.78, 5) is 122. The molecule has 410 valence electrons. The number of alkyl halides is 1. The summed E-state index contributed by atoms with van der Waals surface area (Å²) < 4.78 is 42.3. The van der Waals surface area contributed by atoms with E-state index in [9.17, 15) is 52.3 Å². The number of amides is 6. The number of piperidine rings is 2. The number of aryl methyl sites for hydroxylation is 1. The Labute approximate surface area is 447 Å². The maximum Gasteiger partial charge on any atom is 0.363 e. The molecule has 7 heterocycles. The van der Waals surface area contributed by atoms with Crippen LogP contribution in [-0.4, -0.2) is 151 Å². The van der Waals surface area contributed by atoms with Crippen LogP contribution in [0.3, 0.4) is 0 Å². The first-order valence-electron chi connectivity index (χ1n) is 26.0. The number of morpholine rings is 1. The standard InChI is InChI=1S/C54H64FN8O12PS/c1-53(2,3)46(57-49(67)42-26-35-25-34(11-14-41(35)77-42)47(55)76(71,72)73)51(69)62-19-16-39(45(62)50(68)60-22-23-74-40(28-60)33-8-6-5-7-9-33)75-29-44(65)61-30-54(31-61)17-20-59(21-18-54)27-32-10-12-36-38(24-32)58(4)52(70)63(36)37-13-15-43(64)56-48(37)66/h5-12,14,24-26,37,39-40,45-47H,13,15-23,27-31H2,1-4H3,(H,57,67)(H,56,64,66)(H2,71,72,73)/t37?,39-,40+,45+,46-,47+/m1/s1. The monoisotopic (exact) mass is 1100 g/mol. The Kier molecular flexibility index (Phi) is 15.0. The van der Waals surface area contributed by atoms with Gasteiger partial charge in [0.25, 0.3) is 5.91 Å². The molecule has 4 N–H and O–H groups in total. The van der Waals surface area contributed by atoms with Gasteiger partial charge in [-0.2, -0.15) is 0 Å². The minimum atomic E-state index is -5.08. The Morgan fingerprint density at radius 2 is 1.68 bits per heavy atom. The average Bonchev–Trinajstić information content (AvgIpc) is 4.12. The molecule has 5 saturated heterocycles. The smallest absolute Gasteiger partial charge is 0.363 e. The van der Waals surface area contributed by atoms with E-state index in [0.717, 1.165) is 48.4 Å². The topological polar surface area (TPSA) is 242 Å². The van der Waals surface area contributed by atoms with Gasteiger partial charge in [-0.25, -0.2) is 9.18 Å². The van der Waals surface area contributed by atoms with E-state index in [1.54, 1.807) is 37.6 Å². The number of thiophene rings is 1. The van der Waals surface area contributed by atoms with Crippen LogP contribution in [0.2, 0.25) is 0 Å². The predicted molar refractivity (Wildman–Crippen MR) is 282 cm³/mol. The summed E-state index contributed by atoms with van der Waals surface area (Å²) in [6, 6.07) is 17.8. The second kappa shape index (κ2) is 21.3.